The molecule has 2 saturated carbocycles. The number of nitrogens with zero attached hydrogens (tertiary/aromatic N) is 3. The molecule has 0 radical (unpaired) electrons. The zero-order valence-electron chi connectivity index (χ0n) is 12.0. The van der Waals surface area contributed by atoms with E-state index in [1.807, 2.05) is 6.20 Å². The Balaban J connectivity index is 1.28. The molecule has 4 rings (SSSR count). The van der Waals surface area contributed by atoms with Crippen molar-refractivity contribution in [2.24, 2.45) is 23.7 Å². The standard InChI is InChI=1S/C16H25N3/c1-12-17-5-8-19(12)7-2-6-18-10-15-13-3-4-14(9-13)16(15)11-18/h5,8,13-16H,2-4,6-7,9-11H2,1H3/t13-,14+,15-,16+. The fourth-order valence-corrected chi connectivity index (χ4v) is 5.06. The van der Waals surface area contributed by atoms with Gasteiger partial charge in [0.25, 0.3) is 0 Å². The summed E-state index contributed by atoms with van der Waals surface area (Å²) in [5.41, 5.74) is 0. The average Bonchev–Trinajstić information content (AvgIpc) is 3.11. The smallest absolute Gasteiger partial charge is 0.105 e. The highest BCUT2D eigenvalue weighted by Crippen LogP contribution is 2.54. The molecule has 2 bridgehead atoms. The first-order chi connectivity index (χ1) is 9.31. The maximum atomic E-state index is 4.29. The fourth-order valence-electron chi connectivity index (χ4n) is 5.06. The molecule has 1 saturated heterocycles. The number of rotatable bonds is 4. The third kappa shape index (κ3) is 2.03. The largest absolute Gasteiger partial charge is 0.335 e. The summed E-state index contributed by atoms with van der Waals surface area (Å²) < 4.78 is 2.28. The van der Waals surface area contributed by atoms with Crippen molar-refractivity contribution in [2.75, 3.05) is 19.6 Å². The van der Waals surface area contributed by atoms with Crippen LogP contribution < -0.4 is 0 Å². The first-order valence-corrected chi connectivity index (χ1v) is 8.01. The van der Waals surface area contributed by atoms with E-state index in [0.29, 0.717) is 0 Å². The number of hydrogen-bond acceptors (Lipinski definition) is 2. The van der Waals surface area contributed by atoms with Crippen LogP contribution in [-0.2, 0) is 6.54 Å². The molecule has 0 unspecified atom stereocenters. The van der Waals surface area contributed by atoms with Crippen LogP contribution in [0.2, 0.25) is 0 Å². The number of fused-ring (bicyclic) bond motifs is 5. The molecule has 3 aliphatic rings. The van der Waals surface area contributed by atoms with E-state index in [-0.39, 0.29) is 0 Å². The van der Waals surface area contributed by atoms with Gasteiger partial charge in [-0.2, -0.15) is 0 Å². The molecule has 2 aliphatic carbocycles. The lowest BCUT2D eigenvalue weighted by Crippen LogP contribution is -2.25. The third-order valence-corrected chi connectivity index (χ3v) is 6.01. The van der Waals surface area contributed by atoms with Crippen molar-refractivity contribution in [1.82, 2.24) is 14.5 Å². The Kier molecular flexibility index (Phi) is 2.91. The molecule has 1 aliphatic heterocycles. The predicted octanol–water partition coefficient (Wildman–Crippen LogP) is 2.56. The second kappa shape index (κ2) is 4.62. The van der Waals surface area contributed by atoms with Gasteiger partial charge in [0.2, 0.25) is 0 Å². The first-order valence-electron chi connectivity index (χ1n) is 8.01. The summed E-state index contributed by atoms with van der Waals surface area (Å²) >= 11 is 0. The van der Waals surface area contributed by atoms with E-state index < -0.39 is 0 Å². The van der Waals surface area contributed by atoms with Crippen molar-refractivity contribution in [3.05, 3.63) is 18.2 Å². The van der Waals surface area contributed by atoms with Crippen LogP contribution in [0, 0.1) is 30.6 Å². The number of likely N-dealkylation sites (tertiary alicyclic amines) is 1. The second-order valence-corrected chi connectivity index (χ2v) is 6.94. The van der Waals surface area contributed by atoms with E-state index >= 15 is 0 Å². The third-order valence-electron chi connectivity index (χ3n) is 6.01. The lowest BCUT2D eigenvalue weighted by molar-refractivity contribution is 0.281. The van der Waals surface area contributed by atoms with Gasteiger partial charge in [-0.3, -0.25) is 0 Å². The van der Waals surface area contributed by atoms with E-state index in [1.165, 1.54) is 38.9 Å². The number of imidazole rings is 1. The van der Waals surface area contributed by atoms with Crippen LogP contribution in [0.4, 0.5) is 0 Å². The molecule has 3 heteroatoms. The maximum absolute atomic E-state index is 4.29. The van der Waals surface area contributed by atoms with Crippen molar-refractivity contribution in [3.8, 4) is 0 Å². The molecular weight excluding hydrogens is 234 g/mol. The Bertz CT molecular complexity index is 435. The van der Waals surface area contributed by atoms with Crippen LogP contribution in [0.1, 0.15) is 31.5 Å². The average molecular weight is 259 g/mol. The Morgan fingerprint density at radius 1 is 1.16 bits per heavy atom. The van der Waals surface area contributed by atoms with Gasteiger partial charge in [0.1, 0.15) is 5.82 Å². The van der Waals surface area contributed by atoms with E-state index in [9.17, 15) is 0 Å². The Hall–Kier alpha value is -0.830. The molecule has 19 heavy (non-hydrogen) atoms. The van der Waals surface area contributed by atoms with Gasteiger partial charge in [0.15, 0.2) is 0 Å². The Morgan fingerprint density at radius 3 is 2.53 bits per heavy atom. The highest BCUT2D eigenvalue weighted by atomic mass is 15.2. The van der Waals surface area contributed by atoms with Gasteiger partial charge < -0.3 is 9.47 Å². The SMILES string of the molecule is Cc1nccn1CCCN1C[C@@H]2[C@@H]3CC[C@@H](C3)[C@@H]2C1. The minimum absolute atomic E-state index is 1.06. The number of hydrogen-bond donors (Lipinski definition) is 0. The molecule has 3 nitrogen and oxygen atoms in total. The van der Waals surface area contributed by atoms with Gasteiger partial charge in [0, 0.05) is 32.0 Å². The summed E-state index contributed by atoms with van der Waals surface area (Å²) in [5, 5.41) is 0. The fraction of sp³-hybridized carbons (Fsp3) is 0.812. The molecule has 0 aromatic carbocycles. The van der Waals surface area contributed by atoms with Crippen LogP contribution >= 0.6 is 0 Å². The van der Waals surface area contributed by atoms with Crippen LogP contribution in [0.3, 0.4) is 0 Å². The summed E-state index contributed by atoms with van der Waals surface area (Å²) in [7, 11) is 0. The lowest BCUT2D eigenvalue weighted by atomic mass is 9.82. The van der Waals surface area contributed by atoms with Gasteiger partial charge in [-0.05, 0) is 62.8 Å². The van der Waals surface area contributed by atoms with Crippen molar-refractivity contribution in [3.63, 3.8) is 0 Å². The molecule has 1 aromatic heterocycles. The van der Waals surface area contributed by atoms with E-state index in [0.717, 1.165) is 36.0 Å². The molecule has 0 spiro atoms. The molecule has 1 aromatic rings. The minimum atomic E-state index is 1.06. The van der Waals surface area contributed by atoms with E-state index in [1.54, 1.807) is 6.42 Å². The molecular formula is C16H25N3. The molecule has 3 fully saturated rings. The van der Waals surface area contributed by atoms with Crippen molar-refractivity contribution < 1.29 is 0 Å². The second-order valence-electron chi connectivity index (χ2n) is 6.94. The van der Waals surface area contributed by atoms with Gasteiger partial charge >= 0.3 is 0 Å². The normalized spacial score (nSPS) is 37.1. The number of aryl methyl sites for hydroxylation is 2. The topological polar surface area (TPSA) is 21.1 Å². The molecule has 104 valence electrons. The van der Waals surface area contributed by atoms with Crippen LogP contribution in [0.5, 0.6) is 0 Å². The summed E-state index contributed by atoms with van der Waals surface area (Å²) in [6, 6.07) is 0. The first kappa shape index (κ1) is 12.0. The lowest BCUT2D eigenvalue weighted by Gasteiger charge is -2.22. The highest BCUT2D eigenvalue weighted by Gasteiger charge is 2.51. The summed E-state index contributed by atoms with van der Waals surface area (Å²) in [6.45, 7) is 7.30. The van der Waals surface area contributed by atoms with Crippen LogP contribution in [0.15, 0.2) is 12.4 Å². The summed E-state index contributed by atoms with van der Waals surface area (Å²) in [4.78, 5) is 7.03. The summed E-state index contributed by atoms with van der Waals surface area (Å²) in [5.74, 6) is 5.46. The van der Waals surface area contributed by atoms with Crippen LogP contribution in [-0.4, -0.2) is 34.1 Å². The monoisotopic (exact) mass is 259 g/mol. The molecule has 0 amide bonds. The van der Waals surface area contributed by atoms with E-state index in [4.69, 9.17) is 0 Å². The molecule has 0 N–H and O–H groups in total. The van der Waals surface area contributed by atoms with Crippen molar-refractivity contribution in [2.45, 2.75) is 39.2 Å². The predicted molar refractivity (Wildman–Crippen MR) is 75.8 cm³/mol. The maximum Gasteiger partial charge on any atom is 0.105 e. The summed E-state index contributed by atoms with van der Waals surface area (Å²) in [6.07, 6.45) is 9.92. The quantitative estimate of drug-likeness (QED) is 0.828. The molecule has 4 atom stereocenters. The van der Waals surface area contributed by atoms with Crippen LogP contribution in [0.25, 0.3) is 0 Å². The van der Waals surface area contributed by atoms with Gasteiger partial charge in [-0.1, -0.05) is 0 Å². The zero-order chi connectivity index (χ0) is 12.8. The number of aromatic nitrogens is 2. The zero-order valence-corrected chi connectivity index (χ0v) is 12.0. The van der Waals surface area contributed by atoms with Gasteiger partial charge in [0.05, 0.1) is 0 Å². The highest BCUT2D eigenvalue weighted by molar-refractivity contribution is 5.02. The molecule has 2 heterocycles. The van der Waals surface area contributed by atoms with Gasteiger partial charge in [-0.15, -0.1) is 0 Å². The minimum Gasteiger partial charge on any atom is -0.335 e. The van der Waals surface area contributed by atoms with Gasteiger partial charge in [-0.25, -0.2) is 4.98 Å². The van der Waals surface area contributed by atoms with Crippen molar-refractivity contribution >= 4 is 0 Å². The van der Waals surface area contributed by atoms with Crippen molar-refractivity contribution in [1.29, 1.82) is 0 Å². The Labute approximate surface area is 116 Å². The Morgan fingerprint density at radius 2 is 1.89 bits per heavy atom. The van der Waals surface area contributed by atoms with E-state index in [2.05, 4.69) is 27.6 Å².